The Labute approximate surface area is 150 Å². The first-order chi connectivity index (χ1) is 12.0. The Morgan fingerprint density at radius 3 is 2.72 bits per heavy atom. The van der Waals surface area contributed by atoms with Crippen LogP contribution in [0.25, 0.3) is 0 Å². The van der Waals surface area contributed by atoms with Gasteiger partial charge in [-0.1, -0.05) is 18.9 Å². The van der Waals surface area contributed by atoms with Crippen molar-refractivity contribution >= 4 is 15.9 Å². The number of nitrogens with zero attached hydrogens (tertiary/aromatic N) is 1. The topological polar surface area (TPSA) is 78.5 Å². The van der Waals surface area contributed by atoms with Crippen molar-refractivity contribution in [3.05, 3.63) is 29.8 Å². The number of benzene rings is 1. The predicted octanol–water partition coefficient (Wildman–Crippen LogP) is 1.59. The van der Waals surface area contributed by atoms with Crippen molar-refractivity contribution in [2.75, 3.05) is 26.7 Å². The molecule has 1 saturated carbocycles. The summed E-state index contributed by atoms with van der Waals surface area (Å²) >= 11 is 0. The highest BCUT2D eigenvalue weighted by Gasteiger charge is 2.28. The first kappa shape index (κ1) is 18.4. The summed E-state index contributed by atoms with van der Waals surface area (Å²) in [5.41, 5.74) is 0.444. The van der Waals surface area contributed by atoms with E-state index in [1.165, 1.54) is 6.07 Å². The Morgan fingerprint density at radius 1 is 1.24 bits per heavy atom. The molecule has 1 atom stereocenters. The summed E-state index contributed by atoms with van der Waals surface area (Å²) in [6.07, 6.45) is 4.88. The van der Waals surface area contributed by atoms with Crippen molar-refractivity contribution in [2.24, 2.45) is 5.92 Å². The van der Waals surface area contributed by atoms with Gasteiger partial charge in [0.25, 0.3) is 5.91 Å². The molecule has 0 spiro atoms. The minimum atomic E-state index is -3.57. The SMILES string of the molecule is CNCC1CCN(C(=O)c2cccc(S(=O)(=O)NC3CCCC3)c2)C1. The lowest BCUT2D eigenvalue weighted by Gasteiger charge is -2.18. The number of rotatable bonds is 6. The summed E-state index contributed by atoms with van der Waals surface area (Å²) in [5.74, 6) is 0.376. The second-order valence-electron chi connectivity index (χ2n) is 7.09. The lowest BCUT2D eigenvalue weighted by Crippen LogP contribution is -2.33. The van der Waals surface area contributed by atoms with E-state index < -0.39 is 10.0 Å². The lowest BCUT2D eigenvalue weighted by atomic mass is 10.1. The number of amides is 1. The largest absolute Gasteiger partial charge is 0.338 e. The van der Waals surface area contributed by atoms with E-state index in [0.29, 0.717) is 11.5 Å². The number of carbonyl (C=O) groups is 1. The Balaban J connectivity index is 1.71. The van der Waals surface area contributed by atoms with Gasteiger partial charge in [-0.15, -0.1) is 0 Å². The van der Waals surface area contributed by atoms with Crippen molar-refractivity contribution in [1.82, 2.24) is 14.9 Å². The summed E-state index contributed by atoms with van der Waals surface area (Å²) in [6, 6.07) is 6.43. The molecule has 7 heteroatoms. The Kier molecular flexibility index (Phi) is 5.76. The van der Waals surface area contributed by atoms with Gasteiger partial charge in [-0.05, 0) is 57.0 Å². The van der Waals surface area contributed by atoms with E-state index in [1.807, 2.05) is 11.9 Å². The van der Waals surface area contributed by atoms with Gasteiger partial charge in [-0.3, -0.25) is 4.79 Å². The molecule has 1 aliphatic carbocycles. The fourth-order valence-electron chi connectivity index (χ4n) is 3.78. The molecule has 2 aliphatic rings. The number of sulfonamides is 1. The van der Waals surface area contributed by atoms with Crippen molar-refractivity contribution < 1.29 is 13.2 Å². The van der Waals surface area contributed by atoms with Crippen LogP contribution in [0.15, 0.2) is 29.2 Å². The molecule has 2 fully saturated rings. The number of hydrogen-bond acceptors (Lipinski definition) is 4. The maximum atomic E-state index is 12.7. The zero-order valence-electron chi connectivity index (χ0n) is 14.7. The summed E-state index contributed by atoms with van der Waals surface area (Å²) < 4.78 is 27.9. The van der Waals surface area contributed by atoms with Gasteiger partial charge in [0, 0.05) is 24.7 Å². The smallest absolute Gasteiger partial charge is 0.253 e. The molecule has 0 aromatic heterocycles. The number of likely N-dealkylation sites (tertiary alicyclic amines) is 1. The van der Waals surface area contributed by atoms with Gasteiger partial charge in [-0.25, -0.2) is 13.1 Å². The van der Waals surface area contributed by atoms with Gasteiger partial charge >= 0.3 is 0 Å². The third-order valence-electron chi connectivity index (χ3n) is 5.13. The quantitative estimate of drug-likeness (QED) is 0.802. The Bertz CT molecular complexity index is 714. The molecular formula is C18H27N3O3S. The fourth-order valence-corrected chi connectivity index (χ4v) is 5.13. The number of nitrogens with one attached hydrogen (secondary N) is 2. The van der Waals surface area contributed by atoms with Crippen LogP contribution in [-0.4, -0.2) is 51.9 Å². The van der Waals surface area contributed by atoms with Gasteiger partial charge < -0.3 is 10.2 Å². The van der Waals surface area contributed by atoms with Crippen molar-refractivity contribution in [3.8, 4) is 0 Å². The molecule has 0 radical (unpaired) electrons. The van der Waals surface area contributed by atoms with Crippen molar-refractivity contribution in [3.63, 3.8) is 0 Å². The first-order valence-corrected chi connectivity index (χ1v) is 10.5. The van der Waals surface area contributed by atoms with Crippen molar-refractivity contribution in [2.45, 2.75) is 43.0 Å². The summed E-state index contributed by atoms with van der Waals surface area (Å²) in [5, 5.41) is 3.15. The van der Waals surface area contributed by atoms with Gasteiger partial charge in [0.1, 0.15) is 0 Å². The predicted molar refractivity (Wildman–Crippen MR) is 97.0 cm³/mol. The standard InChI is InChI=1S/C18H27N3O3S/c1-19-12-14-9-10-21(13-14)18(22)15-5-4-8-17(11-15)25(23,24)20-16-6-2-3-7-16/h4-5,8,11,14,16,19-20H,2-3,6-7,9-10,12-13H2,1H3. The molecule has 0 bridgehead atoms. The molecule has 1 saturated heterocycles. The Hall–Kier alpha value is -1.44. The van der Waals surface area contributed by atoms with Gasteiger partial charge in [0.15, 0.2) is 0 Å². The molecule has 1 unspecified atom stereocenters. The highest BCUT2D eigenvalue weighted by molar-refractivity contribution is 7.89. The molecule has 1 amide bonds. The third-order valence-corrected chi connectivity index (χ3v) is 6.65. The molecule has 2 N–H and O–H groups in total. The fraction of sp³-hybridized carbons (Fsp3) is 0.611. The molecule has 25 heavy (non-hydrogen) atoms. The van der Waals surface area contributed by atoms with Gasteiger partial charge in [-0.2, -0.15) is 0 Å². The van der Waals surface area contributed by atoms with E-state index in [0.717, 1.165) is 51.7 Å². The van der Waals surface area contributed by atoms with Crippen LogP contribution >= 0.6 is 0 Å². The second kappa shape index (κ2) is 7.85. The highest BCUT2D eigenvalue weighted by atomic mass is 32.2. The van der Waals surface area contributed by atoms with Crippen LogP contribution in [0.3, 0.4) is 0 Å². The summed E-state index contributed by atoms with van der Waals surface area (Å²) in [7, 11) is -1.66. The van der Waals surface area contributed by atoms with Crippen LogP contribution < -0.4 is 10.0 Å². The van der Waals surface area contributed by atoms with Crippen molar-refractivity contribution in [1.29, 1.82) is 0 Å². The summed E-state index contributed by atoms with van der Waals surface area (Å²) in [6.45, 7) is 2.34. The lowest BCUT2D eigenvalue weighted by molar-refractivity contribution is 0.0787. The van der Waals surface area contributed by atoms with Gasteiger partial charge in [0.05, 0.1) is 4.90 Å². The average Bonchev–Trinajstić information content (AvgIpc) is 3.26. The average molecular weight is 365 g/mol. The zero-order valence-corrected chi connectivity index (χ0v) is 15.5. The zero-order chi connectivity index (χ0) is 17.9. The van der Waals surface area contributed by atoms with Crippen LogP contribution in [-0.2, 0) is 10.0 Å². The minimum absolute atomic E-state index is 0.0187. The van der Waals surface area contributed by atoms with Gasteiger partial charge in [0.2, 0.25) is 10.0 Å². The number of hydrogen-bond donors (Lipinski definition) is 2. The second-order valence-corrected chi connectivity index (χ2v) is 8.81. The van der Waals surface area contributed by atoms with Crippen LogP contribution in [0.5, 0.6) is 0 Å². The number of carbonyl (C=O) groups excluding carboxylic acids is 1. The summed E-state index contributed by atoms with van der Waals surface area (Å²) in [4.78, 5) is 14.7. The van der Waals surface area contributed by atoms with E-state index in [2.05, 4.69) is 10.0 Å². The molecule has 138 valence electrons. The molecule has 1 aromatic carbocycles. The molecule has 1 aliphatic heterocycles. The Morgan fingerprint density at radius 2 is 2.00 bits per heavy atom. The van der Waals surface area contributed by atoms with Crippen LogP contribution in [0, 0.1) is 5.92 Å². The van der Waals surface area contributed by atoms with E-state index >= 15 is 0 Å². The van der Waals surface area contributed by atoms with E-state index in [9.17, 15) is 13.2 Å². The third kappa shape index (κ3) is 4.40. The van der Waals surface area contributed by atoms with E-state index in [-0.39, 0.29) is 16.8 Å². The maximum Gasteiger partial charge on any atom is 0.253 e. The normalized spacial score (nSPS) is 21.8. The van der Waals surface area contributed by atoms with Crippen LogP contribution in [0.1, 0.15) is 42.5 Å². The van der Waals surface area contributed by atoms with Crippen LogP contribution in [0.4, 0.5) is 0 Å². The van der Waals surface area contributed by atoms with E-state index in [4.69, 9.17) is 0 Å². The molecular weight excluding hydrogens is 338 g/mol. The van der Waals surface area contributed by atoms with Crippen LogP contribution in [0.2, 0.25) is 0 Å². The first-order valence-electron chi connectivity index (χ1n) is 9.06. The minimum Gasteiger partial charge on any atom is -0.338 e. The molecule has 3 rings (SSSR count). The molecule has 1 heterocycles. The molecule has 1 aromatic rings. The molecule has 6 nitrogen and oxygen atoms in total. The van der Waals surface area contributed by atoms with E-state index in [1.54, 1.807) is 18.2 Å². The maximum absolute atomic E-state index is 12.7. The monoisotopic (exact) mass is 365 g/mol. The highest BCUT2D eigenvalue weighted by Crippen LogP contribution is 2.22.